The minimum atomic E-state index is -2.01. The summed E-state index contributed by atoms with van der Waals surface area (Å²) in [4.78, 5) is 26.8. The molecule has 0 heterocycles. The third kappa shape index (κ3) is 7.82. The summed E-state index contributed by atoms with van der Waals surface area (Å²) in [6, 6.07) is 13.2. The first-order valence-corrected chi connectivity index (χ1v) is 10.4. The van der Waals surface area contributed by atoms with E-state index >= 15 is 0 Å². The van der Waals surface area contributed by atoms with Gasteiger partial charge in [-0.1, -0.05) is 41.5 Å². The minimum Gasteiger partial charge on any atom is -0.402 e. The summed E-state index contributed by atoms with van der Waals surface area (Å²) >= 11 is 0. The van der Waals surface area contributed by atoms with Gasteiger partial charge in [0.2, 0.25) is 5.91 Å². The summed E-state index contributed by atoms with van der Waals surface area (Å²) in [7, 11) is -2.01. The number of benzene rings is 2. The highest BCUT2D eigenvalue weighted by molar-refractivity contribution is 6.32. The molecule has 2 aromatic carbocycles. The van der Waals surface area contributed by atoms with Crippen molar-refractivity contribution in [3.05, 3.63) is 70.3 Å². The number of hydrogen-bond acceptors (Lipinski definition) is 5. The minimum absolute atomic E-state index is 0.0692. The zero-order valence-electron chi connectivity index (χ0n) is 18.6. The number of aryl methyl sites for hydroxylation is 3. The molecule has 8 heteroatoms. The molecule has 0 aliphatic carbocycles. The SMILES string of the molecule is CCN(CCC(=O)N[C@@H](Cc1ccc(C)cc1C)OB(O)O)C(=O)c1ccc(C)cc1. The molecule has 0 unspecified atom stereocenters. The van der Waals surface area contributed by atoms with Crippen LogP contribution in [-0.4, -0.2) is 53.4 Å². The van der Waals surface area contributed by atoms with Crippen molar-refractivity contribution in [3.63, 3.8) is 0 Å². The predicted octanol–water partition coefficient (Wildman–Crippen LogP) is 2.14. The Morgan fingerprint density at radius 2 is 1.71 bits per heavy atom. The van der Waals surface area contributed by atoms with Crippen LogP contribution in [0.15, 0.2) is 42.5 Å². The maximum atomic E-state index is 12.7. The van der Waals surface area contributed by atoms with Gasteiger partial charge in [-0.25, -0.2) is 0 Å². The van der Waals surface area contributed by atoms with Gasteiger partial charge in [0.1, 0.15) is 6.23 Å². The maximum absolute atomic E-state index is 12.7. The number of rotatable bonds is 10. The van der Waals surface area contributed by atoms with Crippen molar-refractivity contribution in [2.45, 2.75) is 46.8 Å². The molecule has 0 aliphatic heterocycles. The molecule has 7 nitrogen and oxygen atoms in total. The zero-order chi connectivity index (χ0) is 23.0. The van der Waals surface area contributed by atoms with E-state index in [0.29, 0.717) is 12.1 Å². The van der Waals surface area contributed by atoms with Gasteiger partial charge in [-0.3, -0.25) is 9.59 Å². The van der Waals surface area contributed by atoms with Gasteiger partial charge in [0.25, 0.3) is 5.91 Å². The van der Waals surface area contributed by atoms with Crippen LogP contribution in [0.4, 0.5) is 0 Å². The highest BCUT2D eigenvalue weighted by Crippen LogP contribution is 2.14. The van der Waals surface area contributed by atoms with Crippen LogP contribution >= 0.6 is 0 Å². The van der Waals surface area contributed by atoms with Crippen molar-refractivity contribution in [1.29, 1.82) is 0 Å². The quantitative estimate of drug-likeness (QED) is 0.400. The van der Waals surface area contributed by atoms with Crippen LogP contribution in [0.1, 0.15) is 46.0 Å². The van der Waals surface area contributed by atoms with E-state index in [1.165, 1.54) is 0 Å². The van der Waals surface area contributed by atoms with Crippen LogP contribution in [0.25, 0.3) is 0 Å². The fraction of sp³-hybridized carbons (Fsp3) is 0.391. The third-order valence-electron chi connectivity index (χ3n) is 5.09. The van der Waals surface area contributed by atoms with E-state index in [2.05, 4.69) is 5.32 Å². The Hall–Kier alpha value is -2.68. The molecule has 0 aliphatic rings. The smallest absolute Gasteiger partial charge is 0.402 e. The highest BCUT2D eigenvalue weighted by Gasteiger charge is 2.22. The molecule has 2 amide bonds. The van der Waals surface area contributed by atoms with Crippen LogP contribution in [0.3, 0.4) is 0 Å². The summed E-state index contributed by atoms with van der Waals surface area (Å²) in [5.41, 5.74) is 4.72. The van der Waals surface area contributed by atoms with Gasteiger partial charge in [0, 0.05) is 31.5 Å². The molecular formula is C23H31BN2O5. The maximum Gasteiger partial charge on any atom is 0.635 e. The van der Waals surface area contributed by atoms with E-state index in [-0.39, 0.29) is 31.2 Å². The molecule has 2 rings (SSSR count). The van der Waals surface area contributed by atoms with Crippen molar-refractivity contribution in [2.75, 3.05) is 13.1 Å². The lowest BCUT2D eigenvalue weighted by Gasteiger charge is -2.23. The molecule has 0 saturated heterocycles. The number of carbonyl (C=O) groups excluding carboxylic acids is 2. The van der Waals surface area contributed by atoms with E-state index in [9.17, 15) is 19.6 Å². The Balaban J connectivity index is 1.97. The average Bonchev–Trinajstić information content (AvgIpc) is 2.70. The summed E-state index contributed by atoms with van der Waals surface area (Å²) in [6.45, 7) is 8.47. The Morgan fingerprint density at radius 3 is 2.29 bits per heavy atom. The zero-order valence-corrected chi connectivity index (χ0v) is 18.6. The number of nitrogens with one attached hydrogen (secondary N) is 1. The Labute approximate surface area is 184 Å². The molecule has 0 fully saturated rings. The lowest BCUT2D eigenvalue weighted by atomic mass is 10.0. The summed E-state index contributed by atoms with van der Waals surface area (Å²) < 4.78 is 5.07. The molecule has 166 valence electrons. The van der Waals surface area contributed by atoms with Gasteiger partial charge in [0.15, 0.2) is 0 Å². The second-order valence-electron chi connectivity index (χ2n) is 7.65. The van der Waals surface area contributed by atoms with Crippen LogP contribution in [0, 0.1) is 20.8 Å². The van der Waals surface area contributed by atoms with Gasteiger partial charge < -0.3 is 24.9 Å². The lowest BCUT2D eigenvalue weighted by Crippen LogP contribution is -2.44. The first-order chi connectivity index (χ1) is 14.7. The fourth-order valence-corrected chi connectivity index (χ4v) is 3.32. The number of amides is 2. The van der Waals surface area contributed by atoms with Crippen molar-refractivity contribution < 1.29 is 24.3 Å². The van der Waals surface area contributed by atoms with Crippen LogP contribution in [-0.2, 0) is 15.9 Å². The number of nitrogens with zero attached hydrogens (tertiary/aromatic N) is 1. The standard InChI is InChI=1S/C23H31BN2O5/c1-5-26(23(28)19-9-6-16(2)7-10-19)13-12-21(27)25-22(31-24(29)30)15-20-11-8-17(3)14-18(20)4/h6-11,14,22,29-30H,5,12-13,15H2,1-4H3,(H,25,27)/t22-/m1/s1. The molecular weight excluding hydrogens is 395 g/mol. The predicted molar refractivity (Wildman–Crippen MR) is 120 cm³/mol. The highest BCUT2D eigenvalue weighted by atomic mass is 16.6. The van der Waals surface area contributed by atoms with Crippen LogP contribution in [0.5, 0.6) is 0 Å². The largest absolute Gasteiger partial charge is 0.635 e. The second-order valence-corrected chi connectivity index (χ2v) is 7.65. The average molecular weight is 426 g/mol. The van der Waals surface area contributed by atoms with E-state index in [4.69, 9.17) is 4.65 Å². The Morgan fingerprint density at radius 1 is 1.06 bits per heavy atom. The van der Waals surface area contributed by atoms with E-state index in [1.54, 1.807) is 17.0 Å². The third-order valence-corrected chi connectivity index (χ3v) is 5.09. The van der Waals surface area contributed by atoms with Crippen molar-refractivity contribution >= 4 is 19.1 Å². The topological polar surface area (TPSA) is 99.1 Å². The molecule has 31 heavy (non-hydrogen) atoms. The van der Waals surface area contributed by atoms with E-state index in [0.717, 1.165) is 22.3 Å². The van der Waals surface area contributed by atoms with Gasteiger partial charge in [-0.15, -0.1) is 0 Å². The van der Waals surface area contributed by atoms with Gasteiger partial charge >= 0.3 is 7.32 Å². The van der Waals surface area contributed by atoms with Crippen molar-refractivity contribution in [2.24, 2.45) is 0 Å². The molecule has 0 spiro atoms. The van der Waals surface area contributed by atoms with Crippen molar-refractivity contribution in [1.82, 2.24) is 10.2 Å². The first kappa shape index (κ1) is 24.6. The summed E-state index contributed by atoms with van der Waals surface area (Å²) in [5, 5.41) is 21.1. The van der Waals surface area contributed by atoms with Crippen LogP contribution in [0.2, 0.25) is 0 Å². The van der Waals surface area contributed by atoms with Crippen molar-refractivity contribution in [3.8, 4) is 0 Å². The molecule has 0 aromatic heterocycles. The van der Waals surface area contributed by atoms with Gasteiger partial charge in [-0.05, 0) is 51.0 Å². The molecule has 2 aromatic rings. The molecule has 0 radical (unpaired) electrons. The van der Waals surface area contributed by atoms with E-state index < -0.39 is 13.5 Å². The Bertz CT molecular complexity index is 886. The molecule has 0 bridgehead atoms. The fourth-order valence-electron chi connectivity index (χ4n) is 3.32. The normalized spacial score (nSPS) is 11.7. The number of hydrogen-bond donors (Lipinski definition) is 3. The summed E-state index contributed by atoms with van der Waals surface area (Å²) in [6.07, 6.45) is -0.550. The monoisotopic (exact) mass is 426 g/mol. The first-order valence-electron chi connectivity index (χ1n) is 10.4. The lowest BCUT2D eigenvalue weighted by molar-refractivity contribution is -0.124. The Kier molecular flexibility index (Phi) is 9.24. The second kappa shape index (κ2) is 11.6. The van der Waals surface area contributed by atoms with E-state index in [1.807, 2.05) is 58.0 Å². The van der Waals surface area contributed by atoms with Crippen LogP contribution < -0.4 is 5.32 Å². The summed E-state index contributed by atoms with van der Waals surface area (Å²) in [5.74, 6) is -0.477. The van der Waals surface area contributed by atoms with Gasteiger partial charge in [-0.2, -0.15) is 0 Å². The molecule has 1 atom stereocenters. The molecule has 0 saturated carbocycles. The molecule has 3 N–H and O–H groups in total. The van der Waals surface area contributed by atoms with Gasteiger partial charge in [0.05, 0.1) is 0 Å². The number of carbonyl (C=O) groups is 2.